The van der Waals surface area contributed by atoms with Gasteiger partial charge in [-0.2, -0.15) is 0 Å². The molecule has 1 heterocycles. The van der Waals surface area contributed by atoms with Gasteiger partial charge in [0, 0.05) is 12.6 Å². The molecule has 0 amide bonds. The first kappa shape index (κ1) is 12.8. The second kappa shape index (κ2) is 5.84. The lowest BCUT2D eigenvalue weighted by atomic mass is 10.1. The minimum atomic E-state index is 0.283. The van der Waals surface area contributed by atoms with E-state index in [2.05, 4.69) is 23.5 Å². The third kappa shape index (κ3) is 2.86. The standard InChI is InChI=1S/C16H17NO3/c1-17-9-12-3-2-4-13(7-12)10-18-14-5-6-15-16(8-14)20-11-19-15/h2-8,17H,9-11H2,1H3. The maximum Gasteiger partial charge on any atom is 0.231 e. The van der Waals surface area contributed by atoms with Gasteiger partial charge in [-0.1, -0.05) is 24.3 Å². The zero-order chi connectivity index (χ0) is 13.8. The van der Waals surface area contributed by atoms with Crippen molar-refractivity contribution in [3.05, 3.63) is 53.6 Å². The highest BCUT2D eigenvalue weighted by molar-refractivity contribution is 5.46. The summed E-state index contributed by atoms with van der Waals surface area (Å²) in [5, 5.41) is 3.14. The fraction of sp³-hybridized carbons (Fsp3) is 0.250. The van der Waals surface area contributed by atoms with Gasteiger partial charge in [-0.3, -0.25) is 0 Å². The van der Waals surface area contributed by atoms with Gasteiger partial charge in [0.05, 0.1) is 0 Å². The first-order chi connectivity index (χ1) is 9.85. The molecule has 0 aliphatic carbocycles. The Labute approximate surface area is 118 Å². The lowest BCUT2D eigenvalue weighted by Crippen LogP contribution is -2.05. The molecule has 0 bridgehead atoms. The van der Waals surface area contributed by atoms with Gasteiger partial charge in [-0.25, -0.2) is 0 Å². The predicted octanol–water partition coefficient (Wildman–Crippen LogP) is 2.71. The molecule has 104 valence electrons. The lowest BCUT2D eigenvalue weighted by molar-refractivity contribution is 0.173. The summed E-state index contributed by atoms with van der Waals surface area (Å²) in [7, 11) is 1.94. The van der Waals surface area contributed by atoms with Crippen LogP contribution in [0.15, 0.2) is 42.5 Å². The Morgan fingerprint density at radius 3 is 2.80 bits per heavy atom. The molecule has 4 nitrogen and oxygen atoms in total. The van der Waals surface area contributed by atoms with E-state index in [1.54, 1.807) is 0 Å². The van der Waals surface area contributed by atoms with Gasteiger partial charge in [-0.15, -0.1) is 0 Å². The second-order valence-electron chi connectivity index (χ2n) is 4.65. The number of benzene rings is 2. The fourth-order valence-corrected chi connectivity index (χ4v) is 2.17. The van der Waals surface area contributed by atoms with Crippen LogP contribution in [0.5, 0.6) is 17.2 Å². The molecule has 20 heavy (non-hydrogen) atoms. The highest BCUT2D eigenvalue weighted by atomic mass is 16.7. The average molecular weight is 271 g/mol. The first-order valence-electron chi connectivity index (χ1n) is 6.60. The number of ether oxygens (including phenoxy) is 3. The Bertz CT molecular complexity index is 598. The molecule has 4 heteroatoms. The molecule has 0 saturated heterocycles. The van der Waals surface area contributed by atoms with Crippen LogP contribution in [0.4, 0.5) is 0 Å². The van der Waals surface area contributed by atoms with E-state index in [0.29, 0.717) is 6.61 Å². The second-order valence-corrected chi connectivity index (χ2v) is 4.65. The molecule has 0 atom stereocenters. The minimum absolute atomic E-state index is 0.283. The zero-order valence-electron chi connectivity index (χ0n) is 11.4. The molecule has 0 unspecified atom stereocenters. The molecular formula is C16H17NO3. The van der Waals surface area contributed by atoms with E-state index in [0.717, 1.165) is 29.4 Å². The number of nitrogens with one attached hydrogen (secondary N) is 1. The molecule has 0 aromatic heterocycles. The zero-order valence-corrected chi connectivity index (χ0v) is 11.4. The molecular weight excluding hydrogens is 254 g/mol. The topological polar surface area (TPSA) is 39.7 Å². The molecule has 2 aromatic rings. The van der Waals surface area contributed by atoms with Crippen LogP contribution in [0, 0.1) is 0 Å². The van der Waals surface area contributed by atoms with Gasteiger partial charge in [0.25, 0.3) is 0 Å². The van der Waals surface area contributed by atoms with Crippen LogP contribution in [0.1, 0.15) is 11.1 Å². The predicted molar refractivity (Wildman–Crippen MR) is 76.1 cm³/mol. The Hall–Kier alpha value is -2.20. The third-order valence-corrected chi connectivity index (χ3v) is 3.12. The van der Waals surface area contributed by atoms with Crippen molar-refractivity contribution in [1.82, 2.24) is 5.32 Å². The molecule has 1 N–H and O–H groups in total. The van der Waals surface area contributed by atoms with Gasteiger partial charge >= 0.3 is 0 Å². The van der Waals surface area contributed by atoms with Crippen LogP contribution < -0.4 is 19.5 Å². The van der Waals surface area contributed by atoms with Gasteiger partial charge in [-0.05, 0) is 30.3 Å². The van der Waals surface area contributed by atoms with Crippen LogP contribution in [0.2, 0.25) is 0 Å². The molecule has 2 aromatic carbocycles. The number of hydrogen-bond donors (Lipinski definition) is 1. The maximum atomic E-state index is 5.79. The van der Waals surface area contributed by atoms with Crippen molar-refractivity contribution in [3.63, 3.8) is 0 Å². The normalized spacial score (nSPS) is 12.4. The van der Waals surface area contributed by atoms with E-state index in [9.17, 15) is 0 Å². The summed E-state index contributed by atoms with van der Waals surface area (Å²) in [6, 6.07) is 14.0. The van der Waals surface area contributed by atoms with Crippen LogP contribution >= 0.6 is 0 Å². The minimum Gasteiger partial charge on any atom is -0.489 e. The summed E-state index contributed by atoms with van der Waals surface area (Å²) in [5.41, 5.74) is 2.40. The van der Waals surface area contributed by atoms with Crippen molar-refractivity contribution in [3.8, 4) is 17.2 Å². The summed E-state index contributed by atoms with van der Waals surface area (Å²) < 4.78 is 16.4. The van der Waals surface area contributed by atoms with Gasteiger partial charge in [0.15, 0.2) is 11.5 Å². The summed E-state index contributed by atoms with van der Waals surface area (Å²) in [6.45, 7) is 1.68. The van der Waals surface area contributed by atoms with E-state index in [1.165, 1.54) is 5.56 Å². The molecule has 0 fully saturated rings. The Balaban J connectivity index is 1.65. The number of hydrogen-bond acceptors (Lipinski definition) is 4. The quantitative estimate of drug-likeness (QED) is 0.907. The van der Waals surface area contributed by atoms with Crippen molar-refractivity contribution in [1.29, 1.82) is 0 Å². The number of rotatable bonds is 5. The van der Waals surface area contributed by atoms with Crippen molar-refractivity contribution in [2.45, 2.75) is 13.2 Å². The van der Waals surface area contributed by atoms with Crippen LogP contribution in [0.3, 0.4) is 0 Å². The number of fused-ring (bicyclic) bond motifs is 1. The van der Waals surface area contributed by atoms with Crippen molar-refractivity contribution in [2.24, 2.45) is 0 Å². The monoisotopic (exact) mass is 271 g/mol. The molecule has 0 spiro atoms. The van der Waals surface area contributed by atoms with E-state index < -0.39 is 0 Å². The fourth-order valence-electron chi connectivity index (χ4n) is 2.17. The summed E-state index contributed by atoms with van der Waals surface area (Å²) in [6.07, 6.45) is 0. The molecule has 0 saturated carbocycles. The highest BCUT2D eigenvalue weighted by Gasteiger charge is 2.13. The van der Waals surface area contributed by atoms with Crippen LogP contribution in [0.25, 0.3) is 0 Å². The first-order valence-corrected chi connectivity index (χ1v) is 6.60. The van der Waals surface area contributed by atoms with Crippen LogP contribution in [-0.4, -0.2) is 13.8 Å². The molecule has 3 rings (SSSR count). The summed E-state index contributed by atoms with van der Waals surface area (Å²) in [4.78, 5) is 0. The largest absolute Gasteiger partial charge is 0.489 e. The Kier molecular flexibility index (Phi) is 3.74. The van der Waals surface area contributed by atoms with E-state index in [4.69, 9.17) is 14.2 Å². The average Bonchev–Trinajstić information content (AvgIpc) is 2.93. The van der Waals surface area contributed by atoms with Crippen molar-refractivity contribution in [2.75, 3.05) is 13.8 Å². The van der Waals surface area contributed by atoms with E-state index in [1.807, 2.05) is 31.3 Å². The third-order valence-electron chi connectivity index (χ3n) is 3.12. The van der Waals surface area contributed by atoms with Crippen LogP contribution in [-0.2, 0) is 13.2 Å². The van der Waals surface area contributed by atoms with Gasteiger partial charge < -0.3 is 19.5 Å². The Morgan fingerprint density at radius 2 is 1.90 bits per heavy atom. The Morgan fingerprint density at radius 1 is 1.05 bits per heavy atom. The molecule has 1 aliphatic heterocycles. The van der Waals surface area contributed by atoms with E-state index in [-0.39, 0.29) is 6.79 Å². The van der Waals surface area contributed by atoms with Gasteiger partial charge in [0.2, 0.25) is 6.79 Å². The van der Waals surface area contributed by atoms with Crippen molar-refractivity contribution >= 4 is 0 Å². The molecule has 0 radical (unpaired) electrons. The SMILES string of the molecule is CNCc1cccc(COc2ccc3c(c2)OCO3)c1. The van der Waals surface area contributed by atoms with Gasteiger partial charge in [0.1, 0.15) is 12.4 Å². The van der Waals surface area contributed by atoms with Crippen molar-refractivity contribution < 1.29 is 14.2 Å². The summed E-state index contributed by atoms with van der Waals surface area (Å²) in [5.74, 6) is 2.30. The smallest absolute Gasteiger partial charge is 0.231 e. The summed E-state index contributed by atoms with van der Waals surface area (Å²) >= 11 is 0. The van der Waals surface area contributed by atoms with E-state index >= 15 is 0 Å². The maximum absolute atomic E-state index is 5.79. The highest BCUT2D eigenvalue weighted by Crippen LogP contribution is 2.35. The molecule has 1 aliphatic rings. The lowest BCUT2D eigenvalue weighted by Gasteiger charge is -2.08.